The van der Waals surface area contributed by atoms with Crippen molar-refractivity contribution in [3.63, 3.8) is 0 Å². The Morgan fingerprint density at radius 3 is 2.24 bits per heavy atom. The molecule has 6 heteroatoms. The molecule has 5 nitrogen and oxygen atoms in total. The number of nitrogens with one attached hydrogen (secondary N) is 2. The van der Waals surface area contributed by atoms with Crippen LogP contribution in [0.5, 0.6) is 0 Å². The molecule has 2 aromatic rings. The number of primary amides is 1. The molecule has 180 valence electrons. The molecule has 1 atom stereocenters. The van der Waals surface area contributed by atoms with Crippen molar-refractivity contribution in [1.29, 1.82) is 0 Å². The van der Waals surface area contributed by atoms with Crippen LogP contribution in [0.25, 0.3) is 11.1 Å². The summed E-state index contributed by atoms with van der Waals surface area (Å²) in [6.07, 6.45) is 9.16. The quantitative estimate of drug-likeness (QED) is 0.149. The zero-order chi connectivity index (χ0) is 24.4. The molecule has 0 saturated carbocycles. The van der Waals surface area contributed by atoms with Gasteiger partial charge in [-0.05, 0) is 66.4 Å². The monoisotopic (exact) mass is 477 g/mol. The van der Waals surface area contributed by atoms with Gasteiger partial charge in [0, 0.05) is 12.1 Å². The van der Waals surface area contributed by atoms with Gasteiger partial charge in [0.1, 0.15) is 0 Å². The summed E-state index contributed by atoms with van der Waals surface area (Å²) in [5.74, 6) is -0.370. The molecule has 0 spiro atoms. The number of carbonyl (C=O) groups is 2. The Labute approximate surface area is 208 Å². The first kappa shape index (κ1) is 25.8. The molecule has 34 heavy (non-hydrogen) atoms. The van der Waals surface area contributed by atoms with Crippen LogP contribution in [0.3, 0.4) is 0 Å². The second kappa shape index (κ2) is 12.6. The molecule has 0 saturated heterocycles. The topological polar surface area (TPSA) is 84.2 Å². The highest BCUT2D eigenvalue weighted by Crippen LogP contribution is 2.51. The molecule has 0 radical (unpaired) electrons. The Kier molecular flexibility index (Phi) is 9.54. The average Bonchev–Trinajstić information content (AvgIpc) is 3.14. The van der Waals surface area contributed by atoms with Crippen LogP contribution in [0, 0.1) is 0 Å². The molecule has 0 fully saturated rings. The van der Waals surface area contributed by atoms with Crippen LogP contribution in [0.1, 0.15) is 50.2 Å². The van der Waals surface area contributed by atoms with Crippen LogP contribution in [0.4, 0.5) is 0 Å². The van der Waals surface area contributed by atoms with Gasteiger partial charge in [-0.3, -0.25) is 9.59 Å². The third kappa shape index (κ3) is 5.80. The number of unbranched alkanes of at least 4 members (excludes halogenated alkanes) is 1. The van der Waals surface area contributed by atoms with Crippen LogP contribution in [-0.2, 0) is 15.0 Å². The number of carbonyl (C=O) groups excluding carboxylic acids is 2. The largest absolute Gasteiger partial charge is 0.369 e. The molecular formula is C28H35N3O2S. The van der Waals surface area contributed by atoms with E-state index in [2.05, 4.69) is 42.3 Å². The van der Waals surface area contributed by atoms with Crippen molar-refractivity contribution in [3.8, 4) is 11.1 Å². The molecule has 2 amide bonds. The summed E-state index contributed by atoms with van der Waals surface area (Å²) in [6, 6.07) is 16.4. The molecule has 1 aliphatic carbocycles. The zero-order valence-corrected chi connectivity index (χ0v) is 20.7. The van der Waals surface area contributed by atoms with Crippen LogP contribution >= 0.6 is 12.6 Å². The maximum Gasteiger partial charge on any atom is 0.244 e. The lowest BCUT2D eigenvalue weighted by Crippen LogP contribution is -2.41. The SMILES string of the molecule is CCC(CCNCCCCC1(C(N)=O)c2ccccc2-c2ccccc21)NC(=O)/C=C/C=C\S. The Bertz CT molecular complexity index is 1000. The summed E-state index contributed by atoms with van der Waals surface area (Å²) in [5, 5.41) is 8.08. The fourth-order valence-electron chi connectivity index (χ4n) is 4.85. The Balaban J connectivity index is 1.50. The number of allylic oxidation sites excluding steroid dienone is 2. The number of thiol groups is 1. The van der Waals surface area contributed by atoms with Gasteiger partial charge in [-0.25, -0.2) is 0 Å². The molecule has 1 aliphatic rings. The van der Waals surface area contributed by atoms with Gasteiger partial charge in [0.25, 0.3) is 0 Å². The maximum atomic E-state index is 12.9. The molecule has 2 aromatic carbocycles. The van der Waals surface area contributed by atoms with E-state index >= 15 is 0 Å². The Hall–Kier alpha value is -2.83. The molecular weight excluding hydrogens is 442 g/mol. The summed E-state index contributed by atoms with van der Waals surface area (Å²) in [7, 11) is 0. The van der Waals surface area contributed by atoms with Crippen LogP contribution in [0.2, 0.25) is 0 Å². The van der Waals surface area contributed by atoms with Gasteiger partial charge in [0.2, 0.25) is 11.8 Å². The molecule has 0 bridgehead atoms. The van der Waals surface area contributed by atoms with Crippen LogP contribution in [0.15, 0.2) is 72.2 Å². The van der Waals surface area contributed by atoms with Crippen molar-refractivity contribution in [1.82, 2.24) is 10.6 Å². The number of nitrogens with two attached hydrogens (primary N) is 1. The predicted molar refractivity (Wildman–Crippen MR) is 143 cm³/mol. The van der Waals surface area contributed by atoms with Gasteiger partial charge < -0.3 is 16.4 Å². The number of hydrogen-bond donors (Lipinski definition) is 4. The van der Waals surface area contributed by atoms with Gasteiger partial charge in [-0.15, -0.1) is 0 Å². The average molecular weight is 478 g/mol. The lowest BCUT2D eigenvalue weighted by atomic mass is 9.73. The Morgan fingerprint density at radius 1 is 1.00 bits per heavy atom. The van der Waals surface area contributed by atoms with E-state index in [9.17, 15) is 9.59 Å². The second-order valence-electron chi connectivity index (χ2n) is 8.67. The van der Waals surface area contributed by atoms with E-state index < -0.39 is 5.41 Å². The van der Waals surface area contributed by atoms with Crippen LogP contribution < -0.4 is 16.4 Å². The van der Waals surface area contributed by atoms with Crippen molar-refractivity contribution < 1.29 is 9.59 Å². The fraction of sp³-hybridized carbons (Fsp3) is 0.357. The zero-order valence-electron chi connectivity index (χ0n) is 19.8. The van der Waals surface area contributed by atoms with Crippen molar-refractivity contribution in [2.75, 3.05) is 13.1 Å². The van der Waals surface area contributed by atoms with Crippen molar-refractivity contribution in [2.24, 2.45) is 5.73 Å². The van der Waals surface area contributed by atoms with Gasteiger partial charge in [-0.1, -0.05) is 74.0 Å². The van der Waals surface area contributed by atoms with Gasteiger partial charge in [-0.2, -0.15) is 12.6 Å². The summed E-state index contributed by atoms with van der Waals surface area (Å²) < 4.78 is 0. The van der Waals surface area contributed by atoms with Gasteiger partial charge in [0.05, 0.1) is 5.41 Å². The second-order valence-corrected chi connectivity index (χ2v) is 8.97. The van der Waals surface area contributed by atoms with E-state index in [1.54, 1.807) is 17.6 Å². The Morgan fingerprint density at radius 2 is 1.65 bits per heavy atom. The molecule has 4 N–H and O–H groups in total. The summed E-state index contributed by atoms with van der Waals surface area (Å²) in [4.78, 5) is 24.8. The molecule has 0 aliphatic heterocycles. The van der Waals surface area contributed by atoms with Crippen LogP contribution in [-0.4, -0.2) is 30.9 Å². The minimum Gasteiger partial charge on any atom is -0.369 e. The highest BCUT2D eigenvalue weighted by atomic mass is 32.1. The van der Waals surface area contributed by atoms with E-state index in [1.165, 1.54) is 6.08 Å². The number of rotatable bonds is 13. The molecule has 3 rings (SSSR count). The third-order valence-electron chi connectivity index (χ3n) is 6.59. The first-order valence-corrected chi connectivity index (χ1v) is 12.5. The van der Waals surface area contributed by atoms with E-state index in [0.29, 0.717) is 6.42 Å². The normalized spacial score (nSPS) is 14.8. The number of hydrogen-bond acceptors (Lipinski definition) is 4. The van der Waals surface area contributed by atoms with Crippen molar-refractivity contribution >= 4 is 24.4 Å². The van der Waals surface area contributed by atoms with E-state index in [0.717, 1.165) is 61.0 Å². The summed E-state index contributed by atoms with van der Waals surface area (Å²) in [5.41, 5.74) is 9.56. The number of amides is 2. The first-order valence-electron chi connectivity index (χ1n) is 12.0. The smallest absolute Gasteiger partial charge is 0.244 e. The van der Waals surface area contributed by atoms with E-state index in [1.807, 2.05) is 36.4 Å². The summed E-state index contributed by atoms with van der Waals surface area (Å²) >= 11 is 3.96. The molecule has 1 unspecified atom stereocenters. The highest BCUT2D eigenvalue weighted by molar-refractivity contribution is 7.83. The molecule has 0 aromatic heterocycles. The van der Waals surface area contributed by atoms with Gasteiger partial charge >= 0.3 is 0 Å². The third-order valence-corrected chi connectivity index (χ3v) is 6.77. The fourth-order valence-corrected chi connectivity index (χ4v) is 4.94. The number of benzene rings is 2. The lowest BCUT2D eigenvalue weighted by molar-refractivity contribution is -0.122. The lowest BCUT2D eigenvalue weighted by Gasteiger charge is -2.28. The molecule has 0 heterocycles. The van der Waals surface area contributed by atoms with Crippen molar-refractivity contribution in [3.05, 3.63) is 83.3 Å². The number of fused-ring (bicyclic) bond motifs is 3. The first-order chi connectivity index (χ1) is 16.5. The predicted octanol–water partition coefficient (Wildman–Crippen LogP) is 4.48. The van der Waals surface area contributed by atoms with E-state index in [-0.39, 0.29) is 17.9 Å². The van der Waals surface area contributed by atoms with E-state index in [4.69, 9.17) is 5.73 Å². The summed E-state index contributed by atoms with van der Waals surface area (Å²) in [6.45, 7) is 3.75. The minimum absolute atomic E-state index is 0.0906. The van der Waals surface area contributed by atoms with Crippen molar-refractivity contribution in [2.45, 2.75) is 50.5 Å². The minimum atomic E-state index is -0.763. The maximum absolute atomic E-state index is 12.9. The highest BCUT2D eigenvalue weighted by Gasteiger charge is 2.47. The van der Waals surface area contributed by atoms with Gasteiger partial charge in [0.15, 0.2) is 0 Å². The standard InChI is InChI=1S/C28H35N3O2S/c1-2-21(31-26(32)15-7-10-20-34)16-19-30-18-9-8-17-28(27(29)33)24-13-5-3-11-22(24)23-12-4-6-14-25(23)28/h3-7,10-15,20-21,30,34H,2,8-9,16-19H2,1H3,(H2,29,33)(H,31,32)/b15-7+,20-10-.